The normalized spacial score (nSPS) is 11.6. The van der Waals surface area contributed by atoms with Crippen LogP contribution in [0.25, 0.3) is 0 Å². The molecule has 0 saturated carbocycles. The van der Waals surface area contributed by atoms with Gasteiger partial charge in [-0.05, 0) is 6.08 Å². The molecule has 0 aliphatic heterocycles. The molecule has 1 N–H and O–H groups in total. The molecular formula is C11H12N2O4. The minimum absolute atomic E-state index is 0.0580. The van der Waals surface area contributed by atoms with Crippen molar-refractivity contribution in [1.82, 2.24) is 5.32 Å². The van der Waals surface area contributed by atoms with Gasteiger partial charge in [-0.2, -0.15) is 0 Å². The maximum absolute atomic E-state index is 11.1. The molecule has 1 rings (SSSR count). The Morgan fingerprint density at radius 2 is 2.35 bits per heavy atom. The molecule has 0 heterocycles. The summed E-state index contributed by atoms with van der Waals surface area (Å²) in [5, 5.41) is 13.1. The van der Waals surface area contributed by atoms with Gasteiger partial charge in [0.05, 0.1) is 4.92 Å². The molecule has 1 amide bonds. The number of non-ortho nitro benzene ring substituents is 1. The maximum Gasteiger partial charge on any atom is 0.269 e. The van der Waals surface area contributed by atoms with Crippen LogP contribution >= 0.6 is 0 Å². The van der Waals surface area contributed by atoms with Gasteiger partial charge in [0.15, 0.2) is 6.23 Å². The van der Waals surface area contributed by atoms with E-state index >= 15 is 0 Å². The first-order valence-corrected chi connectivity index (χ1v) is 4.78. The number of nitrogens with zero attached hydrogens (tertiary/aromatic N) is 1. The van der Waals surface area contributed by atoms with Crippen LogP contribution in [0.4, 0.5) is 5.69 Å². The molecule has 0 spiro atoms. The van der Waals surface area contributed by atoms with Gasteiger partial charge in [-0.25, -0.2) is 0 Å². The van der Waals surface area contributed by atoms with E-state index in [2.05, 4.69) is 11.9 Å². The SMILES string of the molecule is C=CC(=O)NC(OC)c1cccc([N+](=O)[O-])c1. The quantitative estimate of drug-likeness (QED) is 0.364. The van der Waals surface area contributed by atoms with E-state index in [9.17, 15) is 14.9 Å². The van der Waals surface area contributed by atoms with Crippen molar-refractivity contribution < 1.29 is 14.5 Å². The lowest BCUT2D eigenvalue weighted by atomic mass is 10.1. The fourth-order valence-corrected chi connectivity index (χ4v) is 1.27. The number of amides is 1. The Bertz CT molecular complexity index is 445. The lowest BCUT2D eigenvalue weighted by molar-refractivity contribution is -0.385. The van der Waals surface area contributed by atoms with Crippen molar-refractivity contribution in [2.45, 2.75) is 6.23 Å². The third kappa shape index (κ3) is 3.39. The van der Waals surface area contributed by atoms with Crippen molar-refractivity contribution in [2.75, 3.05) is 7.11 Å². The van der Waals surface area contributed by atoms with Crippen LogP contribution in [-0.4, -0.2) is 17.9 Å². The summed E-state index contributed by atoms with van der Waals surface area (Å²) in [6.07, 6.45) is 0.365. The highest BCUT2D eigenvalue weighted by molar-refractivity contribution is 5.87. The number of benzene rings is 1. The zero-order chi connectivity index (χ0) is 12.8. The van der Waals surface area contributed by atoms with Gasteiger partial charge >= 0.3 is 0 Å². The number of rotatable bonds is 5. The average molecular weight is 236 g/mol. The summed E-state index contributed by atoms with van der Waals surface area (Å²) in [5.74, 6) is -0.414. The third-order valence-corrected chi connectivity index (χ3v) is 2.08. The molecule has 90 valence electrons. The average Bonchev–Trinajstić information content (AvgIpc) is 2.35. The molecule has 0 aromatic heterocycles. The number of nitrogens with one attached hydrogen (secondary N) is 1. The number of hydrogen-bond acceptors (Lipinski definition) is 4. The molecule has 0 radical (unpaired) electrons. The fraction of sp³-hybridized carbons (Fsp3) is 0.182. The fourth-order valence-electron chi connectivity index (χ4n) is 1.27. The van der Waals surface area contributed by atoms with Crippen molar-refractivity contribution in [1.29, 1.82) is 0 Å². The molecule has 0 saturated heterocycles. The van der Waals surface area contributed by atoms with E-state index in [1.807, 2.05) is 0 Å². The van der Waals surface area contributed by atoms with Crippen molar-refractivity contribution in [2.24, 2.45) is 0 Å². The predicted octanol–water partition coefficient (Wildman–Crippen LogP) is 1.54. The van der Waals surface area contributed by atoms with Crippen LogP contribution in [0.3, 0.4) is 0 Å². The smallest absolute Gasteiger partial charge is 0.269 e. The molecule has 1 unspecified atom stereocenters. The van der Waals surface area contributed by atoms with E-state index in [0.29, 0.717) is 5.56 Å². The van der Waals surface area contributed by atoms with E-state index in [4.69, 9.17) is 4.74 Å². The first-order chi connectivity index (χ1) is 8.08. The van der Waals surface area contributed by atoms with Crippen LogP contribution in [-0.2, 0) is 9.53 Å². The second kappa shape index (κ2) is 5.76. The summed E-state index contributed by atoms with van der Waals surface area (Å²) >= 11 is 0. The van der Waals surface area contributed by atoms with E-state index in [1.54, 1.807) is 6.07 Å². The van der Waals surface area contributed by atoms with Crippen LogP contribution in [0.1, 0.15) is 11.8 Å². The summed E-state index contributed by atoms with van der Waals surface area (Å²) in [4.78, 5) is 21.2. The Kier molecular flexibility index (Phi) is 4.36. The van der Waals surface area contributed by atoms with Crippen molar-refractivity contribution in [3.63, 3.8) is 0 Å². The Morgan fingerprint density at radius 3 is 2.88 bits per heavy atom. The molecule has 1 atom stereocenters. The van der Waals surface area contributed by atoms with Crippen molar-refractivity contribution in [3.8, 4) is 0 Å². The predicted molar refractivity (Wildman–Crippen MR) is 61.2 cm³/mol. The lowest BCUT2D eigenvalue weighted by Crippen LogP contribution is -2.27. The van der Waals surface area contributed by atoms with Gasteiger partial charge in [0.2, 0.25) is 5.91 Å². The number of ether oxygens (including phenoxy) is 1. The molecule has 6 heteroatoms. The molecule has 0 fully saturated rings. The Morgan fingerprint density at radius 1 is 1.65 bits per heavy atom. The minimum Gasteiger partial charge on any atom is -0.357 e. The number of hydrogen-bond donors (Lipinski definition) is 1. The van der Waals surface area contributed by atoms with Gasteiger partial charge in [0, 0.05) is 24.8 Å². The van der Waals surface area contributed by atoms with Crippen LogP contribution in [0.15, 0.2) is 36.9 Å². The van der Waals surface area contributed by atoms with Gasteiger partial charge in [-0.1, -0.05) is 18.7 Å². The standard InChI is InChI=1S/C11H12N2O4/c1-3-10(14)12-11(17-2)8-5-4-6-9(7-8)13(15)16/h3-7,11H,1H2,2H3,(H,12,14). The zero-order valence-electron chi connectivity index (χ0n) is 9.25. The molecule has 0 aliphatic rings. The molecule has 17 heavy (non-hydrogen) atoms. The number of nitro groups is 1. The Balaban J connectivity index is 2.95. The summed E-state index contributed by atoms with van der Waals surface area (Å²) in [6.45, 7) is 3.31. The molecule has 1 aromatic carbocycles. The van der Waals surface area contributed by atoms with Crippen molar-refractivity contribution in [3.05, 3.63) is 52.6 Å². The van der Waals surface area contributed by atoms with Crippen LogP contribution in [0, 0.1) is 10.1 Å². The van der Waals surface area contributed by atoms with Gasteiger partial charge in [-0.3, -0.25) is 14.9 Å². The monoisotopic (exact) mass is 236 g/mol. The Labute approximate surface area is 98.0 Å². The first kappa shape index (κ1) is 12.9. The van der Waals surface area contributed by atoms with Crippen LogP contribution < -0.4 is 5.32 Å². The van der Waals surface area contributed by atoms with Gasteiger partial charge in [0.1, 0.15) is 0 Å². The number of carbonyl (C=O) groups is 1. The largest absolute Gasteiger partial charge is 0.357 e. The minimum atomic E-state index is -0.736. The van der Waals surface area contributed by atoms with Crippen LogP contribution in [0.5, 0.6) is 0 Å². The number of carbonyl (C=O) groups excluding carboxylic acids is 1. The van der Waals surface area contributed by atoms with Crippen molar-refractivity contribution >= 4 is 11.6 Å². The lowest BCUT2D eigenvalue weighted by Gasteiger charge is -2.16. The van der Waals surface area contributed by atoms with Gasteiger partial charge in [-0.15, -0.1) is 0 Å². The summed E-state index contributed by atoms with van der Waals surface area (Å²) in [5.41, 5.74) is 0.439. The summed E-state index contributed by atoms with van der Waals surface area (Å²) < 4.78 is 5.04. The van der Waals surface area contributed by atoms with E-state index in [-0.39, 0.29) is 5.69 Å². The van der Waals surface area contributed by atoms with Gasteiger partial charge < -0.3 is 10.1 Å². The zero-order valence-corrected chi connectivity index (χ0v) is 9.25. The summed E-state index contributed by atoms with van der Waals surface area (Å²) in [6, 6.07) is 5.87. The third-order valence-electron chi connectivity index (χ3n) is 2.08. The molecular weight excluding hydrogens is 224 g/mol. The summed E-state index contributed by atoms with van der Waals surface area (Å²) in [7, 11) is 1.40. The van der Waals surface area contributed by atoms with Crippen LogP contribution in [0.2, 0.25) is 0 Å². The second-order valence-corrected chi connectivity index (χ2v) is 3.18. The van der Waals surface area contributed by atoms with Gasteiger partial charge in [0.25, 0.3) is 5.69 Å². The number of nitro benzene ring substituents is 1. The molecule has 6 nitrogen and oxygen atoms in total. The Hall–Kier alpha value is -2.21. The topological polar surface area (TPSA) is 81.5 Å². The van der Waals surface area contributed by atoms with E-state index in [0.717, 1.165) is 6.08 Å². The highest BCUT2D eigenvalue weighted by Crippen LogP contribution is 2.19. The second-order valence-electron chi connectivity index (χ2n) is 3.18. The number of methoxy groups -OCH3 is 1. The van der Waals surface area contributed by atoms with E-state index in [1.165, 1.54) is 25.3 Å². The highest BCUT2D eigenvalue weighted by atomic mass is 16.6. The highest BCUT2D eigenvalue weighted by Gasteiger charge is 2.15. The molecule has 0 bridgehead atoms. The maximum atomic E-state index is 11.1. The molecule has 1 aromatic rings. The first-order valence-electron chi connectivity index (χ1n) is 4.78. The van der Waals surface area contributed by atoms with E-state index < -0.39 is 17.1 Å². The molecule has 0 aliphatic carbocycles.